The number of carbonyl (C=O) groups excluding carboxylic acids is 1. The van der Waals surface area contributed by atoms with Gasteiger partial charge in [-0.2, -0.15) is 0 Å². The summed E-state index contributed by atoms with van der Waals surface area (Å²) in [4.78, 5) is 10.4. The van der Waals surface area contributed by atoms with Gasteiger partial charge in [0.15, 0.2) is 0 Å². The molecule has 0 aromatic carbocycles. The van der Waals surface area contributed by atoms with Crippen LogP contribution in [0, 0.1) is 0 Å². The van der Waals surface area contributed by atoms with Gasteiger partial charge in [-0.15, -0.1) is 0 Å². The highest BCUT2D eigenvalue weighted by Gasteiger charge is 2.21. The van der Waals surface area contributed by atoms with E-state index in [0.29, 0.717) is 12.0 Å². The van der Waals surface area contributed by atoms with E-state index in [4.69, 9.17) is 5.11 Å². The molecule has 0 fully saturated rings. The predicted molar refractivity (Wildman–Crippen MR) is 30.9 cm³/mol. The molecule has 0 atom stereocenters. The molecule has 1 rings (SSSR count). The van der Waals surface area contributed by atoms with Crippen molar-refractivity contribution in [2.75, 3.05) is 6.61 Å². The number of rotatable bonds is 1. The molecule has 1 N–H and O–H groups in total. The summed E-state index contributed by atoms with van der Waals surface area (Å²) in [5.74, 6) is -0.788. The quantitative estimate of drug-likeness (QED) is 0.530. The predicted octanol–water partition coefficient (Wildman–Crippen LogP) is 0.765. The fraction of sp³-hybridized carbons (Fsp3) is 0.500. The number of cyclic esters (lactones) is 1. The molecule has 1 aliphatic heterocycles. The minimum atomic E-state index is -0.591. The van der Waals surface area contributed by atoms with Crippen LogP contribution in [0.1, 0.15) is 13.3 Å². The number of carbonyl (C=O) groups is 1. The molecule has 50 valence electrons. The molecule has 3 nitrogen and oxygen atoms in total. The second-order valence-corrected chi connectivity index (χ2v) is 1.88. The zero-order chi connectivity index (χ0) is 6.85. The van der Waals surface area contributed by atoms with Gasteiger partial charge in [0.2, 0.25) is 5.76 Å². The van der Waals surface area contributed by atoms with Gasteiger partial charge >= 0.3 is 5.97 Å². The smallest absolute Gasteiger partial charge is 0.373 e. The van der Waals surface area contributed by atoms with E-state index >= 15 is 0 Å². The normalized spacial score (nSPS) is 18.6. The van der Waals surface area contributed by atoms with Crippen molar-refractivity contribution in [3.8, 4) is 0 Å². The van der Waals surface area contributed by atoms with E-state index in [2.05, 4.69) is 4.74 Å². The Morgan fingerprint density at radius 3 is 2.67 bits per heavy atom. The van der Waals surface area contributed by atoms with E-state index in [1.807, 2.05) is 6.92 Å². The third-order valence-corrected chi connectivity index (χ3v) is 1.33. The number of hydrogen-bond acceptors (Lipinski definition) is 3. The molecule has 0 radical (unpaired) electrons. The minimum absolute atomic E-state index is 0.197. The van der Waals surface area contributed by atoms with Crippen molar-refractivity contribution in [2.45, 2.75) is 13.3 Å². The fourth-order valence-electron chi connectivity index (χ4n) is 0.703. The standard InChI is InChI=1S/C6H8O3/c1-2-4-3-9-6(8)5(4)7/h7H,2-3H2,1H3. The Morgan fingerprint density at radius 2 is 2.44 bits per heavy atom. The molecule has 1 aliphatic rings. The van der Waals surface area contributed by atoms with Gasteiger partial charge in [-0.05, 0) is 6.42 Å². The molecule has 3 heteroatoms. The van der Waals surface area contributed by atoms with Crippen LogP contribution in [0.2, 0.25) is 0 Å². The summed E-state index contributed by atoms with van der Waals surface area (Å²) in [7, 11) is 0. The van der Waals surface area contributed by atoms with Crippen molar-refractivity contribution in [1.29, 1.82) is 0 Å². The van der Waals surface area contributed by atoms with Gasteiger partial charge in [-0.3, -0.25) is 0 Å². The summed E-state index contributed by atoms with van der Waals surface area (Å²) in [6, 6.07) is 0. The molecule has 0 unspecified atom stereocenters. The van der Waals surface area contributed by atoms with Crippen LogP contribution in [0.25, 0.3) is 0 Å². The van der Waals surface area contributed by atoms with Crippen molar-refractivity contribution in [1.82, 2.24) is 0 Å². The van der Waals surface area contributed by atoms with E-state index in [-0.39, 0.29) is 12.4 Å². The molecule has 1 heterocycles. The van der Waals surface area contributed by atoms with Gasteiger partial charge in [0.05, 0.1) is 0 Å². The maximum Gasteiger partial charge on any atom is 0.373 e. The summed E-state index contributed by atoms with van der Waals surface area (Å²) in [5, 5.41) is 8.86. The molecule has 0 aromatic rings. The molecular formula is C6H8O3. The van der Waals surface area contributed by atoms with Crippen molar-refractivity contribution >= 4 is 5.97 Å². The highest BCUT2D eigenvalue weighted by atomic mass is 16.6. The number of hydrogen-bond donors (Lipinski definition) is 1. The lowest BCUT2D eigenvalue weighted by Gasteiger charge is -1.88. The third kappa shape index (κ3) is 0.896. The summed E-state index contributed by atoms with van der Waals surface area (Å²) < 4.78 is 4.51. The summed E-state index contributed by atoms with van der Waals surface area (Å²) in [6.07, 6.45) is 0.678. The molecule has 0 amide bonds. The van der Waals surface area contributed by atoms with Gasteiger partial charge in [0, 0.05) is 5.57 Å². The Morgan fingerprint density at radius 1 is 1.78 bits per heavy atom. The van der Waals surface area contributed by atoms with Gasteiger partial charge in [-0.1, -0.05) is 6.92 Å². The number of esters is 1. The third-order valence-electron chi connectivity index (χ3n) is 1.33. The maximum atomic E-state index is 10.4. The Hall–Kier alpha value is -0.990. The minimum Gasteiger partial charge on any atom is -0.502 e. The van der Waals surface area contributed by atoms with Crippen LogP contribution in [-0.2, 0) is 9.53 Å². The molecule has 0 saturated carbocycles. The molecule has 0 aliphatic carbocycles. The molecule has 0 aromatic heterocycles. The Bertz CT molecular complexity index is 169. The maximum absolute atomic E-state index is 10.4. The van der Waals surface area contributed by atoms with Gasteiger partial charge in [-0.25, -0.2) is 4.79 Å². The van der Waals surface area contributed by atoms with Crippen LogP contribution < -0.4 is 0 Å². The monoisotopic (exact) mass is 128 g/mol. The second-order valence-electron chi connectivity index (χ2n) is 1.88. The zero-order valence-corrected chi connectivity index (χ0v) is 5.18. The van der Waals surface area contributed by atoms with E-state index in [1.54, 1.807) is 0 Å². The van der Waals surface area contributed by atoms with E-state index < -0.39 is 5.97 Å². The van der Waals surface area contributed by atoms with Crippen molar-refractivity contribution in [2.24, 2.45) is 0 Å². The first-order valence-corrected chi connectivity index (χ1v) is 2.83. The summed E-state index contributed by atoms with van der Waals surface area (Å²) >= 11 is 0. The first-order chi connectivity index (χ1) is 4.25. The van der Waals surface area contributed by atoms with Crippen LogP contribution >= 0.6 is 0 Å². The van der Waals surface area contributed by atoms with E-state index in [1.165, 1.54) is 0 Å². The van der Waals surface area contributed by atoms with Crippen molar-refractivity contribution in [3.63, 3.8) is 0 Å². The SMILES string of the molecule is CCC1=C(O)C(=O)OC1. The molecule has 9 heavy (non-hydrogen) atoms. The van der Waals surface area contributed by atoms with Crippen LogP contribution in [0.3, 0.4) is 0 Å². The largest absolute Gasteiger partial charge is 0.502 e. The average Bonchev–Trinajstić information content (AvgIpc) is 2.15. The van der Waals surface area contributed by atoms with Gasteiger partial charge in [0.25, 0.3) is 0 Å². The number of aliphatic hydroxyl groups is 1. The van der Waals surface area contributed by atoms with E-state index in [0.717, 1.165) is 0 Å². The first kappa shape index (κ1) is 6.13. The molecule has 0 bridgehead atoms. The highest BCUT2D eigenvalue weighted by molar-refractivity contribution is 5.88. The summed E-state index contributed by atoms with van der Waals surface area (Å²) in [6.45, 7) is 2.13. The molecule has 0 spiro atoms. The molecular weight excluding hydrogens is 120 g/mol. The number of ether oxygens (including phenoxy) is 1. The van der Waals surface area contributed by atoms with Crippen LogP contribution in [0.5, 0.6) is 0 Å². The Kier molecular flexibility index (Phi) is 1.42. The average molecular weight is 128 g/mol. The fourth-order valence-corrected chi connectivity index (χ4v) is 0.703. The Balaban J connectivity index is 2.79. The number of aliphatic hydroxyl groups excluding tert-OH is 1. The van der Waals surface area contributed by atoms with E-state index in [9.17, 15) is 4.79 Å². The Labute approximate surface area is 52.9 Å². The highest BCUT2D eigenvalue weighted by Crippen LogP contribution is 2.15. The lowest BCUT2D eigenvalue weighted by atomic mass is 10.2. The van der Waals surface area contributed by atoms with Crippen LogP contribution in [0.15, 0.2) is 11.3 Å². The van der Waals surface area contributed by atoms with Crippen molar-refractivity contribution < 1.29 is 14.6 Å². The first-order valence-electron chi connectivity index (χ1n) is 2.83. The van der Waals surface area contributed by atoms with Gasteiger partial charge < -0.3 is 9.84 Å². The van der Waals surface area contributed by atoms with Gasteiger partial charge in [0.1, 0.15) is 6.61 Å². The topological polar surface area (TPSA) is 46.5 Å². The van der Waals surface area contributed by atoms with Crippen LogP contribution in [0.4, 0.5) is 0 Å². The summed E-state index contributed by atoms with van der Waals surface area (Å²) in [5.41, 5.74) is 0.694. The lowest BCUT2D eigenvalue weighted by molar-refractivity contribution is -0.138. The second kappa shape index (κ2) is 2.09. The zero-order valence-electron chi connectivity index (χ0n) is 5.18. The lowest BCUT2D eigenvalue weighted by Crippen LogP contribution is -1.96. The molecule has 0 saturated heterocycles. The van der Waals surface area contributed by atoms with Crippen LogP contribution in [-0.4, -0.2) is 17.7 Å². The van der Waals surface area contributed by atoms with Crippen molar-refractivity contribution in [3.05, 3.63) is 11.3 Å².